The Hall–Kier alpha value is -4.56. The van der Waals surface area contributed by atoms with Crippen molar-refractivity contribution in [3.05, 3.63) is 156 Å². The van der Waals surface area contributed by atoms with Crippen LogP contribution in [0.15, 0.2) is 133 Å². The van der Waals surface area contributed by atoms with E-state index in [2.05, 4.69) is 48.6 Å². The zero-order valence-electron chi connectivity index (χ0n) is 19.5. The molecule has 4 aromatic rings. The lowest BCUT2D eigenvalue weighted by Crippen LogP contribution is -2.05. The number of hydrogen-bond donors (Lipinski definition) is 0. The van der Waals surface area contributed by atoms with E-state index in [-0.39, 0.29) is 6.79 Å². The van der Waals surface area contributed by atoms with Crippen molar-refractivity contribution >= 4 is 24.3 Å². The molecular weight excluding hydrogens is 428 g/mol. The molecule has 0 aliphatic carbocycles. The zero-order chi connectivity index (χ0) is 24.0. The first-order chi connectivity index (χ1) is 17.3. The second kappa shape index (κ2) is 13.2. The highest BCUT2D eigenvalue weighted by molar-refractivity contribution is 5.58. The molecule has 4 aromatic carbocycles. The van der Waals surface area contributed by atoms with E-state index in [1.165, 1.54) is 11.1 Å². The van der Waals surface area contributed by atoms with Crippen molar-refractivity contribution in [2.24, 2.45) is 0 Å². The summed E-state index contributed by atoms with van der Waals surface area (Å²) >= 11 is 0. The zero-order valence-corrected chi connectivity index (χ0v) is 19.5. The Labute approximate surface area is 207 Å². The lowest BCUT2D eigenvalue weighted by molar-refractivity contribution is 0.120. The number of hydrogen-bond acceptors (Lipinski definition) is 2. The van der Waals surface area contributed by atoms with Crippen molar-refractivity contribution in [1.82, 2.24) is 0 Å². The fourth-order valence-corrected chi connectivity index (χ4v) is 3.31. The molecule has 0 amide bonds. The van der Waals surface area contributed by atoms with Crippen molar-refractivity contribution in [3.8, 4) is 11.5 Å². The second-order valence-corrected chi connectivity index (χ2v) is 7.80. The second-order valence-electron chi connectivity index (χ2n) is 7.80. The third-order valence-electron chi connectivity index (χ3n) is 5.19. The fraction of sp³-hybridized carbons (Fsp3) is 0.0303. The molecule has 0 radical (unpaired) electrons. The fourth-order valence-electron chi connectivity index (χ4n) is 3.31. The van der Waals surface area contributed by atoms with E-state index in [4.69, 9.17) is 9.47 Å². The molecular formula is C33H28O2. The molecule has 0 atom stereocenters. The molecule has 0 aromatic heterocycles. The van der Waals surface area contributed by atoms with Crippen molar-refractivity contribution < 1.29 is 9.47 Å². The maximum absolute atomic E-state index is 5.72. The van der Waals surface area contributed by atoms with E-state index >= 15 is 0 Å². The van der Waals surface area contributed by atoms with Crippen LogP contribution in [0.3, 0.4) is 0 Å². The van der Waals surface area contributed by atoms with Gasteiger partial charge in [-0.3, -0.25) is 0 Å². The van der Waals surface area contributed by atoms with Gasteiger partial charge in [0.25, 0.3) is 0 Å². The van der Waals surface area contributed by atoms with Gasteiger partial charge in [-0.15, -0.1) is 0 Å². The predicted molar refractivity (Wildman–Crippen MR) is 148 cm³/mol. The van der Waals surface area contributed by atoms with Crippen molar-refractivity contribution in [2.45, 2.75) is 0 Å². The van der Waals surface area contributed by atoms with Gasteiger partial charge in [0.1, 0.15) is 11.5 Å². The first-order valence-corrected chi connectivity index (χ1v) is 11.6. The first-order valence-electron chi connectivity index (χ1n) is 11.6. The monoisotopic (exact) mass is 456 g/mol. The minimum absolute atomic E-state index is 0.157. The topological polar surface area (TPSA) is 18.5 Å². The highest BCUT2D eigenvalue weighted by atomic mass is 16.7. The summed E-state index contributed by atoms with van der Waals surface area (Å²) in [5, 5.41) is 0. The van der Waals surface area contributed by atoms with Gasteiger partial charge >= 0.3 is 0 Å². The molecule has 0 spiro atoms. The van der Waals surface area contributed by atoms with Crippen LogP contribution in [0.1, 0.15) is 22.3 Å². The molecule has 0 unspecified atom stereocenters. The van der Waals surface area contributed by atoms with E-state index in [1.807, 2.05) is 109 Å². The summed E-state index contributed by atoms with van der Waals surface area (Å²) in [6.07, 6.45) is 16.4. The van der Waals surface area contributed by atoms with Crippen LogP contribution in [0.2, 0.25) is 0 Å². The summed E-state index contributed by atoms with van der Waals surface area (Å²) in [7, 11) is 0. The summed E-state index contributed by atoms with van der Waals surface area (Å²) < 4.78 is 11.4. The van der Waals surface area contributed by atoms with E-state index in [0.29, 0.717) is 0 Å². The Balaban J connectivity index is 1.19. The summed E-state index contributed by atoms with van der Waals surface area (Å²) in [6.45, 7) is 0.157. The molecule has 0 saturated carbocycles. The lowest BCUT2D eigenvalue weighted by Gasteiger charge is -2.09. The Morgan fingerprint density at radius 1 is 0.371 bits per heavy atom. The van der Waals surface area contributed by atoms with Crippen molar-refractivity contribution in [2.75, 3.05) is 6.79 Å². The van der Waals surface area contributed by atoms with Gasteiger partial charge in [0.15, 0.2) is 0 Å². The van der Waals surface area contributed by atoms with Gasteiger partial charge in [-0.2, -0.15) is 0 Å². The minimum Gasteiger partial charge on any atom is -0.458 e. The maximum atomic E-state index is 5.72. The summed E-state index contributed by atoms with van der Waals surface area (Å²) in [4.78, 5) is 0. The third-order valence-corrected chi connectivity index (χ3v) is 5.19. The molecule has 35 heavy (non-hydrogen) atoms. The molecule has 172 valence electrons. The van der Waals surface area contributed by atoms with Crippen molar-refractivity contribution in [3.63, 3.8) is 0 Å². The van der Waals surface area contributed by atoms with Crippen LogP contribution in [0, 0.1) is 0 Å². The van der Waals surface area contributed by atoms with E-state index in [9.17, 15) is 0 Å². The number of benzene rings is 4. The van der Waals surface area contributed by atoms with Crippen LogP contribution < -0.4 is 9.47 Å². The number of ether oxygens (including phenoxy) is 2. The van der Waals surface area contributed by atoms with E-state index < -0.39 is 0 Å². The third kappa shape index (κ3) is 8.38. The van der Waals surface area contributed by atoms with Gasteiger partial charge in [0, 0.05) is 0 Å². The Bertz CT molecular complexity index is 1160. The van der Waals surface area contributed by atoms with Gasteiger partial charge in [0.05, 0.1) is 0 Å². The highest BCUT2D eigenvalue weighted by Gasteiger charge is 1.96. The Morgan fingerprint density at radius 3 is 1.03 bits per heavy atom. The molecule has 0 fully saturated rings. The highest BCUT2D eigenvalue weighted by Crippen LogP contribution is 2.16. The van der Waals surface area contributed by atoms with Gasteiger partial charge in [-0.25, -0.2) is 0 Å². The van der Waals surface area contributed by atoms with Crippen LogP contribution in [0.5, 0.6) is 11.5 Å². The van der Waals surface area contributed by atoms with Crippen LogP contribution >= 0.6 is 0 Å². The maximum Gasteiger partial charge on any atom is 0.230 e. The molecule has 4 rings (SSSR count). The van der Waals surface area contributed by atoms with Crippen LogP contribution in [-0.4, -0.2) is 6.79 Å². The molecule has 0 aliphatic heterocycles. The molecule has 0 N–H and O–H groups in total. The normalized spacial score (nSPS) is 11.7. The summed E-state index contributed by atoms with van der Waals surface area (Å²) in [6, 6.07) is 36.4. The number of rotatable bonds is 10. The molecule has 2 heteroatoms. The molecule has 0 saturated heterocycles. The average Bonchev–Trinajstić information content (AvgIpc) is 2.92. The van der Waals surface area contributed by atoms with E-state index in [1.54, 1.807) is 0 Å². The molecule has 2 nitrogen and oxygen atoms in total. The standard InChI is InChI=1S/C33H28O2/c1-3-11-28(12-4-1)15-7-9-17-30-19-23-32(24-20-30)34-27-35-33-25-21-31(22-26-33)18-10-8-16-29-13-5-2-6-14-29/h1-26H,27H2/b15-7+,16-8+,17-9+,18-10+. The van der Waals surface area contributed by atoms with Gasteiger partial charge in [-0.1, -0.05) is 134 Å². The smallest absolute Gasteiger partial charge is 0.230 e. The lowest BCUT2D eigenvalue weighted by atomic mass is 10.2. The molecule has 0 aliphatic rings. The Morgan fingerprint density at radius 2 is 0.686 bits per heavy atom. The SMILES string of the molecule is C(/C=C/c1ccc(OCOc2ccc(/C=C/C=C/c3ccccc3)cc2)cc1)=C\c1ccccc1. The van der Waals surface area contributed by atoms with E-state index in [0.717, 1.165) is 22.6 Å². The largest absolute Gasteiger partial charge is 0.458 e. The molecule has 0 bridgehead atoms. The quantitative estimate of drug-likeness (QED) is 0.176. The van der Waals surface area contributed by atoms with Gasteiger partial charge in [0.2, 0.25) is 6.79 Å². The van der Waals surface area contributed by atoms with Crippen LogP contribution in [0.4, 0.5) is 0 Å². The van der Waals surface area contributed by atoms with Crippen molar-refractivity contribution in [1.29, 1.82) is 0 Å². The van der Waals surface area contributed by atoms with Crippen LogP contribution in [-0.2, 0) is 0 Å². The summed E-state index contributed by atoms with van der Waals surface area (Å²) in [5.74, 6) is 1.54. The Kier molecular flexibility index (Phi) is 8.91. The minimum atomic E-state index is 0.157. The predicted octanol–water partition coefficient (Wildman–Crippen LogP) is 8.56. The van der Waals surface area contributed by atoms with Gasteiger partial charge in [-0.05, 0) is 46.5 Å². The first kappa shape index (κ1) is 23.6. The number of allylic oxidation sites excluding steroid dienone is 4. The summed E-state index contributed by atoms with van der Waals surface area (Å²) in [5.41, 5.74) is 4.59. The van der Waals surface area contributed by atoms with Gasteiger partial charge < -0.3 is 9.47 Å². The van der Waals surface area contributed by atoms with Crippen LogP contribution in [0.25, 0.3) is 24.3 Å². The molecule has 0 heterocycles. The average molecular weight is 457 g/mol.